The standard InChI is InChI=1S/C14H24N2O/c1-3-5-10-16-11-13(4-2)17-14(12-16)6-8-15-9-7-14/h13,15H,4,6-12H2,1-2H3. The second kappa shape index (κ2) is 5.86. The molecule has 1 N–H and O–H groups in total. The molecular formula is C14H24N2O. The first-order chi connectivity index (χ1) is 8.28. The Balaban J connectivity index is 2.02. The molecule has 0 aliphatic carbocycles. The summed E-state index contributed by atoms with van der Waals surface area (Å²) in [6, 6.07) is 0. The molecule has 0 aromatic carbocycles. The molecule has 2 saturated heterocycles. The number of hydrogen-bond acceptors (Lipinski definition) is 3. The lowest BCUT2D eigenvalue weighted by atomic mass is 9.89. The molecule has 0 amide bonds. The monoisotopic (exact) mass is 236 g/mol. The van der Waals surface area contributed by atoms with Crippen LogP contribution in [0.2, 0.25) is 0 Å². The first kappa shape index (κ1) is 12.9. The van der Waals surface area contributed by atoms with E-state index in [2.05, 4.69) is 29.0 Å². The summed E-state index contributed by atoms with van der Waals surface area (Å²) in [4.78, 5) is 2.47. The molecule has 3 nitrogen and oxygen atoms in total. The van der Waals surface area contributed by atoms with Gasteiger partial charge in [0.15, 0.2) is 0 Å². The Labute approximate surface area is 105 Å². The van der Waals surface area contributed by atoms with Crippen LogP contribution in [0.25, 0.3) is 0 Å². The Morgan fingerprint density at radius 1 is 1.41 bits per heavy atom. The van der Waals surface area contributed by atoms with Crippen molar-refractivity contribution in [1.29, 1.82) is 0 Å². The minimum absolute atomic E-state index is 0.0968. The molecular weight excluding hydrogens is 212 g/mol. The van der Waals surface area contributed by atoms with Crippen molar-refractivity contribution in [2.75, 3.05) is 32.7 Å². The number of hydrogen-bond donors (Lipinski definition) is 1. The van der Waals surface area contributed by atoms with E-state index in [1.807, 2.05) is 6.92 Å². The Kier molecular flexibility index (Phi) is 4.44. The van der Waals surface area contributed by atoms with Gasteiger partial charge >= 0.3 is 0 Å². The van der Waals surface area contributed by atoms with E-state index in [9.17, 15) is 0 Å². The van der Waals surface area contributed by atoms with Gasteiger partial charge in [0.05, 0.1) is 18.2 Å². The first-order valence-corrected chi connectivity index (χ1v) is 6.78. The smallest absolute Gasteiger partial charge is 0.0837 e. The molecule has 2 aliphatic rings. The molecule has 17 heavy (non-hydrogen) atoms. The number of ether oxygens (including phenoxy) is 1. The van der Waals surface area contributed by atoms with E-state index in [0.29, 0.717) is 6.10 Å². The third kappa shape index (κ3) is 3.22. The lowest BCUT2D eigenvalue weighted by Crippen LogP contribution is -2.59. The quantitative estimate of drug-likeness (QED) is 0.730. The van der Waals surface area contributed by atoms with Gasteiger partial charge in [-0.2, -0.15) is 0 Å². The topological polar surface area (TPSA) is 24.5 Å². The van der Waals surface area contributed by atoms with Crippen molar-refractivity contribution in [3.8, 4) is 11.8 Å². The Bertz CT molecular complexity index is 299. The minimum Gasteiger partial charge on any atom is -0.369 e. The number of rotatable bonds is 2. The highest BCUT2D eigenvalue weighted by Crippen LogP contribution is 2.30. The van der Waals surface area contributed by atoms with Gasteiger partial charge in [-0.3, -0.25) is 4.90 Å². The second-order valence-corrected chi connectivity index (χ2v) is 5.18. The van der Waals surface area contributed by atoms with Crippen molar-refractivity contribution in [2.24, 2.45) is 0 Å². The van der Waals surface area contributed by atoms with Gasteiger partial charge in [0, 0.05) is 13.1 Å². The molecule has 1 unspecified atom stereocenters. The molecule has 1 atom stereocenters. The maximum absolute atomic E-state index is 6.34. The summed E-state index contributed by atoms with van der Waals surface area (Å²) in [6.07, 6.45) is 3.77. The van der Waals surface area contributed by atoms with Crippen LogP contribution in [0.4, 0.5) is 0 Å². The maximum Gasteiger partial charge on any atom is 0.0837 e. The van der Waals surface area contributed by atoms with Crippen LogP contribution < -0.4 is 5.32 Å². The third-order valence-electron chi connectivity index (χ3n) is 3.84. The summed E-state index contributed by atoms with van der Waals surface area (Å²) in [5.74, 6) is 6.18. The zero-order valence-corrected chi connectivity index (χ0v) is 11.1. The molecule has 3 heteroatoms. The maximum atomic E-state index is 6.34. The lowest BCUT2D eigenvalue weighted by Gasteiger charge is -2.48. The molecule has 2 heterocycles. The zero-order valence-electron chi connectivity index (χ0n) is 11.1. The Morgan fingerprint density at radius 3 is 2.82 bits per heavy atom. The minimum atomic E-state index is 0.0968. The summed E-state index contributed by atoms with van der Waals surface area (Å²) >= 11 is 0. The van der Waals surface area contributed by atoms with E-state index in [1.54, 1.807) is 0 Å². The predicted octanol–water partition coefficient (Wildman–Crippen LogP) is 1.24. The predicted molar refractivity (Wildman–Crippen MR) is 69.9 cm³/mol. The van der Waals surface area contributed by atoms with Gasteiger partial charge in [-0.05, 0) is 39.3 Å². The van der Waals surface area contributed by atoms with Crippen LogP contribution in [0.5, 0.6) is 0 Å². The van der Waals surface area contributed by atoms with Crippen LogP contribution in [0.15, 0.2) is 0 Å². The molecule has 2 rings (SSSR count). The highest BCUT2D eigenvalue weighted by molar-refractivity contribution is 5.01. The number of nitrogens with zero attached hydrogens (tertiary/aromatic N) is 1. The van der Waals surface area contributed by atoms with Crippen LogP contribution in [0.3, 0.4) is 0 Å². The van der Waals surface area contributed by atoms with Crippen LogP contribution >= 0.6 is 0 Å². The van der Waals surface area contributed by atoms with Crippen molar-refractivity contribution in [2.45, 2.75) is 44.8 Å². The zero-order chi connectivity index (χ0) is 12.1. The third-order valence-corrected chi connectivity index (χ3v) is 3.84. The molecule has 96 valence electrons. The molecule has 1 spiro atoms. The van der Waals surface area contributed by atoms with E-state index >= 15 is 0 Å². The van der Waals surface area contributed by atoms with E-state index in [1.165, 1.54) is 0 Å². The van der Waals surface area contributed by atoms with Crippen molar-refractivity contribution >= 4 is 0 Å². The molecule has 0 aromatic heterocycles. The van der Waals surface area contributed by atoms with E-state index in [4.69, 9.17) is 4.74 Å². The fourth-order valence-electron chi connectivity index (χ4n) is 2.87. The highest BCUT2D eigenvalue weighted by Gasteiger charge is 2.40. The fraction of sp³-hybridized carbons (Fsp3) is 0.857. The van der Waals surface area contributed by atoms with Gasteiger partial charge in [0.1, 0.15) is 0 Å². The molecule has 0 saturated carbocycles. The van der Waals surface area contributed by atoms with E-state index < -0.39 is 0 Å². The average Bonchev–Trinajstić information content (AvgIpc) is 2.36. The second-order valence-electron chi connectivity index (χ2n) is 5.18. The number of piperidine rings is 1. The summed E-state index contributed by atoms with van der Waals surface area (Å²) in [5.41, 5.74) is 0.0968. The first-order valence-electron chi connectivity index (χ1n) is 6.78. The van der Waals surface area contributed by atoms with Crippen LogP contribution in [-0.4, -0.2) is 49.3 Å². The number of morpholine rings is 1. The van der Waals surface area contributed by atoms with E-state index in [0.717, 1.165) is 52.0 Å². The highest BCUT2D eigenvalue weighted by atomic mass is 16.5. The Hall–Kier alpha value is -0.560. The normalized spacial score (nSPS) is 28.7. The van der Waals surface area contributed by atoms with Crippen LogP contribution in [0, 0.1) is 11.8 Å². The molecule has 0 aromatic rings. The summed E-state index contributed by atoms with van der Waals surface area (Å²) < 4.78 is 6.34. The largest absolute Gasteiger partial charge is 0.369 e. The summed E-state index contributed by atoms with van der Waals surface area (Å²) in [7, 11) is 0. The van der Waals surface area contributed by atoms with Gasteiger partial charge in [-0.15, -0.1) is 5.92 Å². The average molecular weight is 236 g/mol. The van der Waals surface area contributed by atoms with Gasteiger partial charge < -0.3 is 10.1 Å². The molecule has 0 radical (unpaired) electrons. The number of nitrogens with one attached hydrogen (secondary N) is 1. The molecule has 2 aliphatic heterocycles. The fourth-order valence-corrected chi connectivity index (χ4v) is 2.87. The van der Waals surface area contributed by atoms with Gasteiger partial charge in [-0.1, -0.05) is 12.8 Å². The van der Waals surface area contributed by atoms with Gasteiger partial charge in [0.25, 0.3) is 0 Å². The van der Waals surface area contributed by atoms with Crippen molar-refractivity contribution < 1.29 is 4.74 Å². The van der Waals surface area contributed by atoms with Gasteiger partial charge in [0.2, 0.25) is 0 Å². The summed E-state index contributed by atoms with van der Waals surface area (Å²) in [5, 5.41) is 3.42. The van der Waals surface area contributed by atoms with Crippen molar-refractivity contribution in [3.05, 3.63) is 0 Å². The van der Waals surface area contributed by atoms with Gasteiger partial charge in [-0.25, -0.2) is 0 Å². The van der Waals surface area contributed by atoms with Crippen LogP contribution in [0.1, 0.15) is 33.1 Å². The Morgan fingerprint density at radius 2 is 2.18 bits per heavy atom. The van der Waals surface area contributed by atoms with Crippen LogP contribution in [-0.2, 0) is 4.74 Å². The van der Waals surface area contributed by atoms with Crippen molar-refractivity contribution in [1.82, 2.24) is 10.2 Å². The molecule has 2 fully saturated rings. The molecule has 0 bridgehead atoms. The summed E-state index contributed by atoms with van der Waals surface area (Å²) in [6.45, 7) is 9.30. The van der Waals surface area contributed by atoms with E-state index in [-0.39, 0.29) is 5.60 Å². The lowest BCUT2D eigenvalue weighted by molar-refractivity contribution is -0.164. The van der Waals surface area contributed by atoms with Crippen molar-refractivity contribution in [3.63, 3.8) is 0 Å². The SMILES string of the molecule is CC#CCN1CC(CC)OC2(CCNCC2)C1.